The number of aromatic nitrogens is 2. The molecule has 1 heterocycles. The summed E-state index contributed by atoms with van der Waals surface area (Å²) in [5.41, 5.74) is 6.92. The van der Waals surface area contributed by atoms with E-state index < -0.39 is 0 Å². The first-order chi connectivity index (χ1) is 8.70. The predicted octanol–water partition coefficient (Wildman–Crippen LogP) is 2.36. The van der Waals surface area contributed by atoms with Crippen molar-refractivity contribution in [3.8, 4) is 0 Å². The van der Waals surface area contributed by atoms with E-state index in [9.17, 15) is 0 Å². The molecule has 2 rings (SSSR count). The molecule has 0 aliphatic carbocycles. The topological polar surface area (TPSA) is 64.9 Å². The van der Waals surface area contributed by atoms with Crippen LogP contribution < -0.4 is 5.73 Å². The molecular formula is C14H19N3O. The highest BCUT2D eigenvalue weighted by atomic mass is 16.5. The predicted molar refractivity (Wildman–Crippen MR) is 70.2 cm³/mol. The molecule has 96 valence electrons. The lowest BCUT2D eigenvalue weighted by Gasteiger charge is -2.13. The van der Waals surface area contributed by atoms with Crippen LogP contribution in [-0.4, -0.2) is 16.7 Å². The average molecular weight is 245 g/mol. The third kappa shape index (κ3) is 2.96. The maximum atomic E-state index is 5.74. The lowest BCUT2D eigenvalue weighted by molar-refractivity contribution is 0.322. The van der Waals surface area contributed by atoms with Gasteiger partial charge in [0.15, 0.2) is 5.82 Å². The standard InChI is InChI=1S/C14H19N3O/c1-10(2)12(9-15)14-16-13(17-18-14)8-11-6-4-3-5-7-11/h3-7,10,12H,8-9,15H2,1-2H3. The van der Waals surface area contributed by atoms with Crippen LogP contribution in [-0.2, 0) is 6.42 Å². The second kappa shape index (κ2) is 5.78. The fourth-order valence-corrected chi connectivity index (χ4v) is 1.93. The van der Waals surface area contributed by atoms with Gasteiger partial charge < -0.3 is 10.3 Å². The van der Waals surface area contributed by atoms with Crippen LogP contribution in [0.5, 0.6) is 0 Å². The lowest BCUT2D eigenvalue weighted by Crippen LogP contribution is -2.18. The van der Waals surface area contributed by atoms with Crippen LogP contribution in [0.1, 0.15) is 37.0 Å². The summed E-state index contributed by atoms with van der Waals surface area (Å²) in [6.45, 7) is 4.75. The first-order valence-electron chi connectivity index (χ1n) is 6.27. The van der Waals surface area contributed by atoms with Crippen LogP contribution in [0.15, 0.2) is 34.9 Å². The summed E-state index contributed by atoms with van der Waals surface area (Å²) in [5, 5.41) is 4.02. The molecule has 0 radical (unpaired) electrons. The van der Waals surface area contributed by atoms with Crippen molar-refractivity contribution < 1.29 is 4.52 Å². The number of benzene rings is 1. The third-order valence-corrected chi connectivity index (χ3v) is 3.06. The molecule has 0 spiro atoms. The van der Waals surface area contributed by atoms with Crippen molar-refractivity contribution >= 4 is 0 Å². The SMILES string of the molecule is CC(C)C(CN)c1nc(Cc2ccccc2)no1. The maximum Gasteiger partial charge on any atom is 0.231 e. The van der Waals surface area contributed by atoms with Gasteiger partial charge in [0.1, 0.15) is 0 Å². The van der Waals surface area contributed by atoms with E-state index in [4.69, 9.17) is 10.3 Å². The average Bonchev–Trinajstić information content (AvgIpc) is 2.79. The molecule has 0 aliphatic heterocycles. The summed E-state index contributed by atoms with van der Waals surface area (Å²) in [6, 6.07) is 10.1. The monoisotopic (exact) mass is 245 g/mol. The molecule has 0 bridgehead atoms. The molecule has 1 aromatic carbocycles. The van der Waals surface area contributed by atoms with Crippen molar-refractivity contribution in [3.63, 3.8) is 0 Å². The van der Waals surface area contributed by atoms with Gasteiger partial charge in [-0.15, -0.1) is 0 Å². The highest BCUT2D eigenvalue weighted by Crippen LogP contribution is 2.21. The largest absolute Gasteiger partial charge is 0.339 e. The Bertz CT molecular complexity index is 479. The molecule has 0 saturated heterocycles. The minimum Gasteiger partial charge on any atom is -0.339 e. The zero-order valence-corrected chi connectivity index (χ0v) is 10.8. The molecule has 0 aliphatic rings. The molecule has 1 aromatic heterocycles. The number of nitrogens with zero attached hydrogens (tertiary/aromatic N) is 2. The number of hydrogen-bond acceptors (Lipinski definition) is 4. The summed E-state index contributed by atoms with van der Waals surface area (Å²) in [6.07, 6.45) is 0.694. The van der Waals surface area contributed by atoms with Crippen molar-refractivity contribution in [1.29, 1.82) is 0 Å². The van der Waals surface area contributed by atoms with E-state index in [0.29, 0.717) is 24.8 Å². The molecule has 0 saturated carbocycles. The molecule has 1 unspecified atom stereocenters. The number of nitrogens with two attached hydrogens (primary N) is 1. The quantitative estimate of drug-likeness (QED) is 0.878. The van der Waals surface area contributed by atoms with Crippen LogP contribution in [0.4, 0.5) is 0 Å². The molecule has 4 heteroatoms. The highest BCUT2D eigenvalue weighted by molar-refractivity contribution is 5.18. The summed E-state index contributed by atoms with van der Waals surface area (Å²) in [5.74, 6) is 1.91. The van der Waals surface area contributed by atoms with Gasteiger partial charge in [0.2, 0.25) is 5.89 Å². The second-order valence-corrected chi connectivity index (χ2v) is 4.80. The van der Waals surface area contributed by atoms with Crippen LogP contribution in [0, 0.1) is 5.92 Å². The van der Waals surface area contributed by atoms with E-state index in [1.807, 2.05) is 18.2 Å². The van der Waals surface area contributed by atoms with Crippen LogP contribution in [0.2, 0.25) is 0 Å². The molecular weight excluding hydrogens is 226 g/mol. The Morgan fingerprint density at radius 1 is 1.22 bits per heavy atom. The van der Waals surface area contributed by atoms with E-state index in [2.05, 4.69) is 36.1 Å². The Kier molecular flexibility index (Phi) is 4.10. The van der Waals surface area contributed by atoms with E-state index >= 15 is 0 Å². The zero-order chi connectivity index (χ0) is 13.0. The Morgan fingerprint density at radius 2 is 1.94 bits per heavy atom. The van der Waals surface area contributed by atoms with Gasteiger partial charge in [-0.25, -0.2) is 0 Å². The summed E-state index contributed by atoms with van der Waals surface area (Å²) < 4.78 is 5.31. The van der Waals surface area contributed by atoms with E-state index in [1.54, 1.807) is 0 Å². The van der Waals surface area contributed by atoms with Gasteiger partial charge in [0.05, 0.1) is 5.92 Å². The Labute approximate surface area is 107 Å². The van der Waals surface area contributed by atoms with E-state index in [0.717, 1.165) is 5.82 Å². The molecule has 18 heavy (non-hydrogen) atoms. The normalized spacial score (nSPS) is 12.9. The first kappa shape index (κ1) is 12.8. The molecule has 4 nitrogen and oxygen atoms in total. The molecule has 1 atom stereocenters. The molecule has 0 fully saturated rings. The van der Waals surface area contributed by atoms with Gasteiger partial charge in [-0.05, 0) is 11.5 Å². The van der Waals surface area contributed by atoms with Crippen LogP contribution in [0.3, 0.4) is 0 Å². The van der Waals surface area contributed by atoms with Crippen molar-refractivity contribution in [1.82, 2.24) is 10.1 Å². The van der Waals surface area contributed by atoms with Crippen molar-refractivity contribution in [2.24, 2.45) is 11.7 Å². The highest BCUT2D eigenvalue weighted by Gasteiger charge is 2.20. The number of hydrogen-bond donors (Lipinski definition) is 1. The minimum absolute atomic E-state index is 0.141. The van der Waals surface area contributed by atoms with Gasteiger partial charge in [0.25, 0.3) is 0 Å². The zero-order valence-electron chi connectivity index (χ0n) is 10.8. The molecule has 2 aromatic rings. The summed E-state index contributed by atoms with van der Waals surface area (Å²) in [7, 11) is 0. The fourth-order valence-electron chi connectivity index (χ4n) is 1.93. The minimum atomic E-state index is 0.141. The first-order valence-corrected chi connectivity index (χ1v) is 6.27. The van der Waals surface area contributed by atoms with Crippen molar-refractivity contribution in [2.45, 2.75) is 26.2 Å². The van der Waals surface area contributed by atoms with Gasteiger partial charge in [-0.3, -0.25) is 0 Å². The third-order valence-electron chi connectivity index (χ3n) is 3.06. The van der Waals surface area contributed by atoms with Crippen LogP contribution >= 0.6 is 0 Å². The fraction of sp³-hybridized carbons (Fsp3) is 0.429. The summed E-state index contributed by atoms with van der Waals surface area (Å²) in [4.78, 5) is 4.44. The van der Waals surface area contributed by atoms with Crippen molar-refractivity contribution in [3.05, 3.63) is 47.6 Å². The van der Waals surface area contributed by atoms with Gasteiger partial charge in [0, 0.05) is 13.0 Å². The van der Waals surface area contributed by atoms with Crippen molar-refractivity contribution in [2.75, 3.05) is 6.54 Å². The van der Waals surface area contributed by atoms with Crippen LogP contribution in [0.25, 0.3) is 0 Å². The Hall–Kier alpha value is -1.68. The Morgan fingerprint density at radius 3 is 2.56 bits per heavy atom. The smallest absolute Gasteiger partial charge is 0.231 e. The second-order valence-electron chi connectivity index (χ2n) is 4.80. The Balaban J connectivity index is 2.11. The lowest BCUT2D eigenvalue weighted by atomic mass is 9.96. The number of rotatable bonds is 5. The van der Waals surface area contributed by atoms with Gasteiger partial charge >= 0.3 is 0 Å². The summed E-state index contributed by atoms with van der Waals surface area (Å²) >= 11 is 0. The molecule has 2 N–H and O–H groups in total. The molecule has 0 amide bonds. The van der Waals surface area contributed by atoms with E-state index in [1.165, 1.54) is 5.56 Å². The van der Waals surface area contributed by atoms with E-state index in [-0.39, 0.29) is 5.92 Å². The maximum absolute atomic E-state index is 5.74. The van der Waals surface area contributed by atoms with Gasteiger partial charge in [-0.1, -0.05) is 49.3 Å². The van der Waals surface area contributed by atoms with Gasteiger partial charge in [-0.2, -0.15) is 4.98 Å².